The number of ether oxygens (including phenoxy) is 1. The number of hydrogen-bond donors (Lipinski definition) is 0. The predicted molar refractivity (Wildman–Crippen MR) is 66.4 cm³/mol. The molecule has 0 aromatic carbocycles. The van der Waals surface area contributed by atoms with Crippen molar-refractivity contribution in [1.82, 2.24) is 0 Å². The molecule has 0 aliphatic heterocycles. The van der Waals surface area contributed by atoms with Crippen molar-refractivity contribution in [2.45, 2.75) is 66.2 Å². The van der Waals surface area contributed by atoms with Gasteiger partial charge in [0.2, 0.25) is 0 Å². The summed E-state index contributed by atoms with van der Waals surface area (Å²) in [5, 5.41) is 0. The first-order valence-corrected chi connectivity index (χ1v) is 6.23. The van der Waals surface area contributed by atoms with Crippen molar-refractivity contribution in [2.75, 3.05) is 6.61 Å². The molecule has 0 radical (unpaired) electrons. The van der Waals surface area contributed by atoms with E-state index in [2.05, 4.69) is 6.92 Å². The van der Waals surface area contributed by atoms with E-state index in [1.807, 2.05) is 6.92 Å². The van der Waals surface area contributed by atoms with Gasteiger partial charge in [-0.2, -0.15) is 0 Å². The number of esters is 1. The van der Waals surface area contributed by atoms with Gasteiger partial charge in [-0.1, -0.05) is 33.6 Å². The molecular formula is C13H26O3. The molecule has 0 unspecified atom stereocenters. The number of carbonyl (C=O) groups excluding carboxylic acids is 2. The minimum atomic E-state index is -0.105. The van der Waals surface area contributed by atoms with Gasteiger partial charge in [-0.05, 0) is 19.8 Å². The molecule has 0 bridgehead atoms. The maximum Gasteiger partial charge on any atom is 0.305 e. The van der Waals surface area contributed by atoms with Crippen LogP contribution in [0.5, 0.6) is 0 Å². The summed E-state index contributed by atoms with van der Waals surface area (Å²) >= 11 is 0. The zero-order valence-corrected chi connectivity index (χ0v) is 11.2. The smallest absolute Gasteiger partial charge is 0.305 e. The molecule has 0 rings (SSSR count). The standard InChI is InChI=1S/C7H14O.C6H12O2/c1-3-4-5-6-7(2)8;1-3-5-8-6(7)4-2/h3-6H2,1-2H3;3-5H2,1-2H3. The van der Waals surface area contributed by atoms with Crippen LogP contribution in [-0.4, -0.2) is 18.4 Å². The highest BCUT2D eigenvalue weighted by molar-refractivity contribution is 5.75. The normalized spacial score (nSPS) is 9.00. The second kappa shape index (κ2) is 14.1. The molecule has 0 heterocycles. The molecule has 0 aromatic heterocycles. The van der Waals surface area contributed by atoms with Crippen LogP contribution < -0.4 is 0 Å². The number of carbonyl (C=O) groups is 2. The highest BCUT2D eigenvalue weighted by Crippen LogP contribution is 1.98. The quantitative estimate of drug-likeness (QED) is 0.496. The first kappa shape index (κ1) is 17.5. The van der Waals surface area contributed by atoms with Crippen molar-refractivity contribution in [3.63, 3.8) is 0 Å². The molecule has 0 saturated heterocycles. The molecule has 0 spiro atoms. The van der Waals surface area contributed by atoms with Gasteiger partial charge in [0.15, 0.2) is 0 Å². The van der Waals surface area contributed by atoms with E-state index < -0.39 is 0 Å². The van der Waals surface area contributed by atoms with E-state index >= 15 is 0 Å². The minimum Gasteiger partial charge on any atom is -0.466 e. The lowest BCUT2D eigenvalue weighted by atomic mass is 10.2. The van der Waals surface area contributed by atoms with Crippen LogP contribution in [0.1, 0.15) is 66.2 Å². The summed E-state index contributed by atoms with van der Waals surface area (Å²) in [6.07, 6.45) is 5.64. The molecular weight excluding hydrogens is 204 g/mol. The van der Waals surface area contributed by atoms with Crippen LogP contribution in [0.4, 0.5) is 0 Å². The Morgan fingerprint density at radius 2 is 1.62 bits per heavy atom. The molecule has 0 aliphatic rings. The van der Waals surface area contributed by atoms with Crippen molar-refractivity contribution in [1.29, 1.82) is 0 Å². The number of hydrogen-bond acceptors (Lipinski definition) is 3. The third-order valence-electron chi connectivity index (χ3n) is 1.89. The fourth-order valence-corrected chi connectivity index (χ4v) is 0.942. The summed E-state index contributed by atoms with van der Waals surface area (Å²) < 4.78 is 4.70. The Morgan fingerprint density at radius 3 is 2.00 bits per heavy atom. The Labute approximate surface area is 99.6 Å². The highest BCUT2D eigenvalue weighted by Gasteiger charge is 1.93. The van der Waals surface area contributed by atoms with E-state index in [-0.39, 0.29) is 5.97 Å². The van der Waals surface area contributed by atoms with Gasteiger partial charge in [-0.15, -0.1) is 0 Å². The van der Waals surface area contributed by atoms with Gasteiger partial charge in [-0.25, -0.2) is 0 Å². The molecule has 0 saturated carbocycles. The maximum atomic E-state index is 10.3. The van der Waals surface area contributed by atoms with Crippen molar-refractivity contribution >= 4 is 11.8 Å². The number of unbranched alkanes of at least 4 members (excludes halogenated alkanes) is 2. The SMILES string of the molecule is CCCCCC(C)=O.CCCOC(=O)CC. The molecule has 16 heavy (non-hydrogen) atoms. The lowest BCUT2D eigenvalue weighted by Crippen LogP contribution is -2.02. The van der Waals surface area contributed by atoms with Crippen LogP contribution in [0.3, 0.4) is 0 Å². The molecule has 96 valence electrons. The summed E-state index contributed by atoms with van der Waals surface area (Å²) in [5.41, 5.74) is 0. The second-order valence-corrected chi connectivity index (χ2v) is 3.73. The highest BCUT2D eigenvalue weighted by atomic mass is 16.5. The van der Waals surface area contributed by atoms with Gasteiger partial charge in [0, 0.05) is 12.8 Å². The van der Waals surface area contributed by atoms with Gasteiger partial charge in [0.1, 0.15) is 5.78 Å². The Morgan fingerprint density at radius 1 is 1.00 bits per heavy atom. The Balaban J connectivity index is 0. The van der Waals surface area contributed by atoms with Crippen LogP contribution >= 0.6 is 0 Å². The lowest BCUT2D eigenvalue weighted by molar-refractivity contribution is -0.143. The number of Topliss-reactive ketones (excluding diaryl/α,β-unsaturated/α-hetero) is 1. The van der Waals surface area contributed by atoms with E-state index in [1.54, 1.807) is 13.8 Å². The fraction of sp³-hybridized carbons (Fsp3) is 0.846. The van der Waals surface area contributed by atoms with Crippen LogP contribution in [-0.2, 0) is 14.3 Å². The number of rotatable bonds is 7. The zero-order valence-electron chi connectivity index (χ0n) is 11.2. The van der Waals surface area contributed by atoms with Gasteiger partial charge >= 0.3 is 5.97 Å². The molecule has 0 aromatic rings. The topological polar surface area (TPSA) is 43.4 Å². The monoisotopic (exact) mass is 230 g/mol. The first-order chi connectivity index (χ1) is 7.58. The second-order valence-electron chi connectivity index (χ2n) is 3.73. The summed E-state index contributed by atoms with van der Waals surface area (Å²) in [6.45, 7) is 8.11. The average Bonchev–Trinajstić information content (AvgIpc) is 2.26. The number of ketones is 1. The summed E-state index contributed by atoms with van der Waals surface area (Å²) in [4.78, 5) is 20.7. The van der Waals surface area contributed by atoms with Crippen LogP contribution in [0.15, 0.2) is 0 Å². The minimum absolute atomic E-state index is 0.105. The van der Waals surface area contributed by atoms with Crippen LogP contribution in [0.25, 0.3) is 0 Å². The van der Waals surface area contributed by atoms with Crippen molar-refractivity contribution in [2.24, 2.45) is 0 Å². The van der Waals surface area contributed by atoms with Gasteiger partial charge < -0.3 is 9.53 Å². The van der Waals surface area contributed by atoms with E-state index in [9.17, 15) is 9.59 Å². The zero-order chi connectivity index (χ0) is 12.8. The molecule has 0 N–H and O–H groups in total. The predicted octanol–water partition coefficient (Wildman–Crippen LogP) is 3.51. The van der Waals surface area contributed by atoms with E-state index in [0.29, 0.717) is 18.8 Å². The lowest BCUT2D eigenvalue weighted by Gasteiger charge is -1.97. The van der Waals surface area contributed by atoms with E-state index in [0.717, 1.165) is 19.3 Å². The first-order valence-electron chi connectivity index (χ1n) is 6.23. The molecule has 0 atom stereocenters. The molecule has 0 amide bonds. The van der Waals surface area contributed by atoms with Crippen LogP contribution in [0, 0.1) is 0 Å². The molecule has 0 fully saturated rings. The van der Waals surface area contributed by atoms with Gasteiger partial charge in [0.25, 0.3) is 0 Å². The summed E-state index contributed by atoms with van der Waals surface area (Å²) in [5.74, 6) is 0.213. The average molecular weight is 230 g/mol. The summed E-state index contributed by atoms with van der Waals surface area (Å²) in [6, 6.07) is 0. The van der Waals surface area contributed by atoms with E-state index in [1.165, 1.54) is 12.8 Å². The summed E-state index contributed by atoms with van der Waals surface area (Å²) in [7, 11) is 0. The van der Waals surface area contributed by atoms with Crippen molar-refractivity contribution in [3.8, 4) is 0 Å². The largest absolute Gasteiger partial charge is 0.466 e. The van der Waals surface area contributed by atoms with Gasteiger partial charge in [0.05, 0.1) is 6.61 Å². The Kier molecular flexibility index (Phi) is 15.5. The third kappa shape index (κ3) is 18.8. The fourth-order valence-electron chi connectivity index (χ4n) is 0.942. The Hall–Kier alpha value is -0.860. The van der Waals surface area contributed by atoms with Crippen molar-refractivity contribution < 1.29 is 14.3 Å². The molecule has 3 nitrogen and oxygen atoms in total. The van der Waals surface area contributed by atoms with Crippen molar-refractivity contribution in [3.05, 3.63) is 0 Å². The molecule has 3 heteroatoms. The van der Waals surface area contributed by atoms with E-state index in [4.69, 9.17) is 4.74 Å². The maximum absolute atomic E-state index is 10.3. The third-order valence-corrected chi connectivity index (χ3v) is 1.89. The van der Waals surface area contributed by atoms with Gasteiger partial charge in [-0.3, -0.25) is 4.79 Å². The molecule has 0 aliphatic carbocycles. The van der Waals surface area contributed by atoms with Crippen LogP contribution in [0.2, 0.25) is 0 Å². The Bertz CT molecular complexity index is 176.